The molecule has 114 valence electrons. The van der Waals surface area contributed by atoms with Gasteiger partial charge in [0.1, 0.15) is 0 Å². The van der Waals surface area contributed by atoms with Crippen molar-refractivity contribution in [3.63, 3.8) is 0 Å². The first kappa shape index (κ1) is 14.1. The maximum Gasteiger partial charge on any atom is 0.0500 e. The van der Waals surface area contributed by atoms with Gasteiger partial charge >= 0.3 is 0 Å². The first-order valence-electron chi connectivity index (χ1n) is 8.12. The zero-order valence-corrected chi connectivity index (χ0v) is 13.5. The minimum atomic E-state index is 0.236. The maximum absolute atomic E-state index is 4.60. The fourth-order valence-electron chi connectivity index (χ4n) is 4.06. The average molecular weight is 300 g/mol. The fraction of sp³-hybridized carbons (Fsp3) is 0.238. The van der Waals surface area contributed by atoms with Crippen molar-refractivity contribution in [1.82, 2.24) is 0 Å². The van der Waals surface area contributed by atoms with E-state index in [1.807, 2.05) is 14.1 Å². The molecule has 2 aromatic carbocycles. The summed E-state index contributed by atoms with van der Waals surface area (Å²) in [5.41, 5.74) is 7.87. The summed E-state index contributed by atoms with van der Waals surface area (Å²) >= 11 is 0. The van der Waals surface area contributed by atoms with E-state index < -0.39 is 0 Å². The van der Waals surface area contributed by atoms with Crippen molar-refractivity contribution in [2.75, 3.05) is 14.1 Å². The van der Waals surface area contributed by atoms with Crippen LogP contribution in [0, 0.1) is 5.92 Å². The number of hydrogen-bond donors (Lipinski definition) is 0. The number of rotatable bonds is 1. The van der Waals surface area contributed by atoms with Gasteiger partial charge in [-0.1, -0.05) is 54.6 Å². The van der Waals surface area contributed by atoms with Gasteiger partial charge in [0.25, 0.3) is 0 Å². The van der Waals surface area contributed by atoms with E-state index in [1.165, 1.54) is 28.0 Å². The summed E-state index contributed by atoms with van der Waals surface area (Å²) in [5.74, 6) is 0.546. The Morgan fingerprint density at radius 1 is 0.783 bits per heavy atom. The van der Waals surface area contributed by atoms with Gasteiger partial charge < -0.3 is 0 Å². The Labute approximate surface area is 137 Å². The summed E-state index contributed by atoms with van der Waals surface area (Å²) < 4.78 is 0. The largest absolute Gasteiger partial charge is 0.296 e. The highest BCUT2D eigenvalue weighted by atomic mass is 14.8. The molecule has 0 saturated heterocycles. The minimum absolute atomic E-state index is 0.236. The van der Waals surface area contributed by atoms with E-state index in [-0.39, 0.29) is 5.92 Å². The molecule has 23 heavy (non-hydrogen) atoms. The van der Waals surface area contributed by atoms with Crippen LogP contribution in [0.4, 0.5) is 0 Å². The van der Waals surface area contributed by atoms with Crippen molar-refractivity contribution >= 4 is 11.4 Å². The smallest absolute Gasteiger partial charge is 0.0500 e. The monoisotopic (exact) mass is 300 g/mol. The van der Waals surface area contributed by atoms with Gasteiger partial charge in [-0.05, 0) is 28.3 Å². The lowest BCUT2D eigenvalue weighted by atomic mass is 9.75. The molecule has 0 spiro atoms. The first-order chi connectivity index (χ1) is 11.3. The Kier molecular flexibility index (Phi) is 3.45. The minimum Gasteiger partial charge on any atom is -0.296 e. The van der Waals surface area contributed by atoms with Crippen LogP contribution in [-0.2, 0) is 0 Å². The average Bonchev–Trinajstić information content (AvgIpc) is 2.95. The van der Waals surface area contributed by atoms with Gasteiger partial charge in [0, 0.05) is 37.9 Å². The molecule has 2 heteroatoms. The van der Waals surface area contributed by atoms with Crippen LogP contribution in [0.3, 0.4) is 0 Å². The number of nitrogens with zero attached hydrogens (tertiary/aromatic N) is 2. The second kappa shape index (κ2) is 5.62. The van der Waals surface area contributed by atoms with Gasteiger partial charge in [-0.2, -0.15) is 0 Å². The summed E-state index contributed by atoms with van der Waals surface area (Å²) in [6, 6.07) is 17.5. The SMILES string of the molecule is C/N=C1/C=CC/C(=N\C)C1C1c2ccccc2-c2ccccc21. The van der Waals surface area contributed by atoms with E-state index in [1.54, 1.807) is 0 Å². The highest BCUT2D eigenvalue weighted by Gasteiger charge is 2.38. The highest BCUT2D eigenvalue weighted by Crippen LogP contribution is 2.49. The summed E-state index contributed by atoms with van der Waals surface area (Å²) in [4.78, 5) is 9.17. The van der Waals surface area contributed by atoms with E-state index in [2.05, 4.69) is 70.7 Å². The fourth-order valence-corrected chi connectivity index (χ4v) is 4.06. The molecule has 2 aliphatic carbocycles. The predicted molar refractivity (Wildman–Crippen MR) is 97.7 cm³/mol. The summed E-state index contributed by atoms with van der Waals surface area (Å²) in [5, 5.41) is 0. The van der Waals surface area contributed by atoms with E-state index in [4.69, 9.17) is 0 Å². The van der Waals surface area contributed by atoms with Crippen LogP contribution < -0.4 is 0 Å². The molecule has 0 bridgehead atoms. The van der Waals surface area contributed by atoms with Gasteiger partial charge in [-0.15, -0.1) is 0 Å². The summed E-state index contributed by atoms with van der Waals surface area (Å²) in [6.45, 7) is 0. The Balaban J connectivity index is 1.96. The van der Waals surface area contributed by atoms with Crippen LogP contribution in [0.25, 0.3) is 11.1 Å². The Hall–Kier alpha value is -2.48. The number of hydrogen-bond acceptors (Lipinski definition) is 2. The molecule has 2 aliphatic rings. The van der Waals surface area contributed by atoms with E-state index >= 15 is 0 Å². The van der Waals surface area contributed by atoms with Crippen molar-refractivity contribution in [2.45, 2.75) is 12.3 Å². The molecule has 0 radical (unpaired) electrons. The molecule has 1 atom stereocenters. The maximum atomic E-state index is 4.60. The second-order valence-electron chi connectivity index (χ2n) is 6.10. The molecule has 0 aromatic heterocycles. The normalized spacial score (nSPS) is 23.3. The van der Waals surface area contributed by atoms with Crippen LogP contribution >= 0.6 is 0 Å². The molecule has 0 aliphatic heterocycles. The van der Waals surface area contributed by atoms with Gasteiger partial charge in [0.05, 0.1) is 5.92 Å². The topological polar surface area (TPSA) is 24.7 Å². The van der Waals surface area contributed by atoms with Crippen LogP contribution in [0.2, 0.25) is 0 Å². The lowest BCUT2D eigenvalue weighted by Gasteiger charge is -2.29. The highest BCUT2D eigenvalue weighted by molar-refractivity contribution is 6.16. The van der Waals surface area contributed by atoms with Crippen LogP contribution in [-0.4, -0.2) is 25.5 Å². The predicted octanol–water partition coefficient (Wildman–Crippen LogP) is 4.52. The molecule has 4 rings (SSSR count). The molecule has 1 unspecified atom stereocenters. The van der Waals surface area contributed by atoms with Crippen molar-refractivity contribution in [1.29, 1.82) is 0 Å². The molecule has 2 nitrogen and oxygen atoms in total. The van der Waals surface area contributed by atoms with Crippen molar-refractivity contribution in [3.05, 3.63) is 71.8 Å². The quantitative estimate of drug-likeness (QED) is 0.740. The van der Waals surface area contributed by atoms with Gasteiger partial charge in [-0.3, -0.25) is 9.98 Å². The molecule has 0 N–H and O–H groups in total. The van der Waals surface area contributed by atoms with Crippen molar-refractivity contribution in [2.24, 2.45) is 15.9 Å². The van der Waals surface area contributed by atoms with E-state index in [0.29, 0.717) is 5.92 Å². The molecular formula is C21H20N2. The van der Waals surface area contributed by atoms with Crippen molar-refractivity contribution < 1.29 is 0 Å². The summed E-state index contributed by atoms with van der Waals surface area (Å²) in [7, 11) is 3.79. The van der Waals surface area contributed by atoms with Crippen molar-refractivity contribution in [3.8, 4) is 11.1 Å². The lowest BCUT2D eigenvalue weighted by Crippen LogP contribution is -2.31. The number of benzene rings is 2. The van der Waals surface area contributed by atoms with Gasteiger partial charge in [-0.25, -0.2) is 0 Å². The lowest BCUT2D eigenvalue weighted by molar-refractivity contribution is 0.756. The molecule has 0 fully saturated rings. The third kappa shape index (κ3) is 2.09. The summed E-state index contributed by atoms with van der Waals surface area (Å²) in [6.07, 6.45) is 5.26. The zero-order valence-electron chi connectivity index (χ0n) is 13.5. The first-order valence-corrected chi connectivity index (χ1v) is 8.12. The van der Waals surface area contributed by atoms with E-state index in [9.17, 15) is 0 Å². The molecule has 0 saturated carbocycles. The number of fused-ring (bicyclic) bond motifs is 3. The Morgan fingerprint density at radius 3 is 1.96 bits per heavy atom. The molecule has 0 heterocycles. The van der Waals surface area contributed by atoms with Gasteiger partial charge in [0.2, 0.25) is 0 Å². The third-order valence-electron chi connectivity index (χ3n) is 5.05. The van der Waals surface area contributed by atoms with Gasteiger partial charge in [0.15, 0.2) is 0 Å². The molecule has 0 amide bonds. The Bertz CT molecular complexity index is 797. The number of aliphatic imine (C=N–C) groups is 2. The standard InChI is InChI=1S/C21H20N2/c1-22-18-12-7-13-19(23-2)21(18)20-16-10-5-3-8-14(16)15-9-4-6-11-17(15)20/h3-12,20-21H,13H2,1-2H3/b22-18-,23-19+. The van der Waals surface area contributed by atoms with E-state index in [0.717, 1.165) is 12.1 Å². The molecule has 2 aromatic rings. The zero-order chi connectivity index (χ0) is 15.8. The van der Waals surface area contributed by atoms with Crippen LogP contribution in [0.1, 0.15) is 23.5 Å². The Morgan fingerprint density at radius 2 is 1.39 bits per heavy atom. The second-order valence-corrected chi connectivity index (χ2v) is 6.10. The molecular weight excluding hydrogens is 280 g/mol. The van der Waals surface area contributed by atoms with Crippen LogP contribution in [0.5, 0.6) is 0 Å². The number of allylic oxidation sites excluding steroid dienone is 2. The van der Waals surface area contributed by atoms with Crippen LogP contribution in [0.15, 0.2) is 70.7 Å². The third-order valence-corrected chi connectivity index (χ3v) is 5.05.